The van der Waals surface area contributed by atoms with E-state index in [1.54, 1.807) is 26.9 Å². The second-order valence-electron chi connectivity index (χ2n) is 6.99. The minimum Gasteiger partial charge on any atom is -0.368 e. The summed E-state index contributed by atoms with van der Waals surface area (Å²) in [6, 6.07) is 9.45. The summed E-state index contributed by atoms with van der Waals surface area (Å²) in [7, 11) is 1.83. The number of para-hydroxylation sites is 1. The highest BCUT2D eigenvalue weighted by atomic mass is 16.5. The average Bonchev–Trinajstić information content (AvgIpc) is 3.06. The molecule has 0 aliphatic carbocycles. The minimum absolute atomic E-state index is 0.00576. The fraction of sp³-hybridized carbons (Fsp3) is 0.421. The fourth-order valence-corrected chi connectivity index (χ4v) is 3.55. The number of nitrogens with zero attached hydrogens (tertiary/aromatic N) is 4. The number of hydrogen-bond donors (Lipinski definition) is 0. The second kappa shape index (κ2) is 7.13. The standard InChI is InChI=1S/C19H22N4O4/c1-21-9-16(20-14-21)18(25)22-7-8-27-19(11-22)12-23(17(24)10-26-13-19)15-5-3-2-4-6-15/h2-6,9,14H,7-8,10-13H2,1H3. The minimum atomic E-state index is -0.759. The van der Waals surface area contributed by atoms with Gasteiger partial charge in [0, 0.05) is 25.5 Å². The van der Waals surface area contributed by atoms with Crippen molar-refractivity contribution in [1.29, 1.82) is 0 Å². The number of carbonyl (C=O) groups excluding carboxylic acids is 2. The van der Waals surface area contributed by atoms with E-state index in [1.807, 2.05) is 37.4 Å². The monoisotopic (exact) mass is 370 g/mol. The Bertz CT molecular complexity index is 837. The zero-order valence-electron chi connectivity index (χ0n) is 15.2. The lowest BCUT2D eigenvalue weighted by molar-refractivity contribution is -0.128. The van der Waals surface area contributed by atoms with E-state index in [0.29, 0.717) is 31.9 Å². The van der Waals surface area contributed by atoms with Crippen molar-refractivity contribution in [2.24, 2.45) is 7.05 Å². The van der Waals surface area contributed by atoms with Gasteiger partial charge in [0.2, 0.25) is 0 Å². The first kappa shape index (κ1) is 17.7. The Balaban J connectivity index is 1.57. The number of imidazole rings is 1. The molecule has 2 saturated heterocycles. The smallest absolute Gasteiger partial charge is 0.274 e. The van der Waals surface area contributed by atoms with Crippen molar-refractivity contribution >= 4 is 17.5 Å². The van der Waals surface area contributed by atoms with Crippen molar-refractivity contribution in [3.05, 3.63) is 48.5 Å². The maximum Gasteiger partial charge on any atom is 0.274 e. The van der Waals surface area contributed by atoms with Crippen LogP contribution in [0.1, 0.15) is 10.5 Å². The van der Waals surface area contributed by atoms with Crippen LogP contribution in [0.5, 0.6) is 0 Å². The molecule has 8 heteroatoms. The molecule has 1 aromatic carbocycles. The molecule has 8 nitrogen and oxygen atoms in total. The van der Waals surface area contributed by atoms with Gasteiger partial charge in [0.1, 0.15) is 17.9 Å². The second-order valence-corrected chi connectivity index (χ2v) is 6.99. The molecule has 142 valence electrons. The number of aromatic nitrogens is 2. The van der Waals surface area contributed by atoms with Gasteiger partial charge in [-0.25, -0.2) is 4.98 Å². The molecule has 1 atom stereocenters. The third-order valence-electron chi connectivity index (χ3n) is 4.87. The van der Waals surface area contributed by atoms with Gasteiger partial charge < -0.3 is 23.8 Å². The summed E-state index contributed by atoms with van der Waals surface area (Å²) in [5.74, 6) is -0.255. The maximum atomic E-state index is 12.8. The van der Waals surface area contributed by atoms with Crippen molar-refractivity contribution < 1.29 is 19.1 Å². The van der Waals surface area contributed by atoms with E-state index in [-0.39, 0.29) is 25.0 Å². The lowest BCUT2D eigenvalue weighted by Crippen LogP contribution is -2.60. The Morgan fingerprint density at radius 2 is 2.04 bits per heavy atom. The van der Waals surface area contributed by atoms with Crippen LogP contribution < -0.4 is 4.90 Å². The molecular weight excluding hydrogens is 348 g/mol. The van der Waals surface area contributed by atoms with Gasteiger partial charge in [0.25, 0.3) is 11.8 Å². The Labute approximate surface area is 157 Å². The van der Waals surface area contributed by atoms with E-state index >= 15 is 0 Å². The molecule has 1 aromatic heterocycles. The Morgan fingerprint density at radius 1 is 1.22 bits per heavy atom. The van der Waals surface area contributed by atoms with Crippen LogP contribution in [-0.2, 0) is 21.3 Å². The van der Waals surface area contributed by atoms with Crippen LogP contribution in [0.2, 0.25) is 0 Å². The Hall–Kier alpha value is -2.71. The van der Waals surface area contributed by atoms with Crippen LogP contribution in [-0.4, -0.2) is 71.3 Å². The summed E-state index contributed by atoms with van der Waals surface area (Å²) in [5.41, 5.74) is 0.439. The third-order valence-corrected chi connectivity index (χ3v) is 4.87. The van der Waals surface area contributed by atoms with Gasteiger partial charge in [0.15, 0.2) is 0 Å². The molecule has 4 rings (SSSR count). The van der Waals surface area contributed by atoms with Crippen LogP contribution >= 0.6 is 0 Å². The molecule has 2 fully saturated rings. The van der Waals surface area contributed by atoms with Crippen molar-refractivity contribution in [2.45, 2.75) is 5.60 Å². The summed E-state index contributed by atoms with van der Waals surface area (Å²) < 4.78 is 13.4. The van der Waals surface area contributed by atoms with Crippen LogP contribution in [0.25, 0.3) is 0 Å². The van der Waals surface area contributed by atoms with Crippen LogP contribution in [0, 0.1) is 0 Å². The van der Waals surface area contributed by atoms with Gasteiger partial charge in [-0.15, -0.1) is 0 Å². The van der Waals surface area contributed by atoms with Crippen molar-refractivity contribution in [1.82, 2.24) is 14.5 Å². The van der Waals surface area contributed by atoms with Crippen LogP contribution in [0.3, 0.4) is 0 Å². The van der Waals surface area contributed by atoms with Crippen LogP contribution in [0.4, 0.5) is 5.69 Å². The van der Waals surface area contributed by atoms with Gasteiger partial charge in [-0.05, 0) is 12.1 Å². The number of benzene rings is 1. The topological polar surface area (TPSA) is 76.9 Å². The molecule has 0 radical (unpaired) electrons. The number of amides is 2. The number of hydrogen-bond acceptors (Lipinski definition) is 5. The number of ether oxygens (including phenoxy) is 2. The Morgan fingerprint density at radius 3 is 2.78 bits per heavy atom. The number of anilines is 1. The van der Waals surface area contributed by atoms with Crippen LogP contribution in [0.15, 0.2) is 42.9 Å². The number of carbonyl (C=O) groups is 2. The first-order valence-electron chi connectivity index (χ1n) is 8.91. The van der Waals surface area contributed by atoms with Gasteiger partial charge in [-0.3, -0.25) is 9.59 Å². The van der Waals surface area contributed by atoms with Gasteiger partial charge in [-0.2, -0.15) is 0 Å². The third kappa shape index (κ3) is 3.58. The van der Waals surface area contributed by atoms with Gasteiger partial charge in [0.05, 0.1) is 32.6 Å². The lowest BCUT2D eigenvalue weighted by atomic mass is 10.0. The highest BCUT2D eigenvalue weighted by Gasteiger charge is 2.43. The molecule has 2 aliphatic heterocycles. The maximum absolute atomic E-state index is 12.8. The van der Waals surface area contributed by atoms with Gasteiger partial charge in [-0.1, -0.05) is 18.2 Å². The van der Waals surface area contributed by atoms with Crippen molar-refractivity contribution in [2.75, 3.05) is 44.4 Å². The quantitative estimate of drug-likeness (QED) is 0.778. The van der Waals surface area contributed by atoms with Gasteiger partial charge >= 0.3 is 0 Å². The molecule has 0 bridgehead atoms. The van der Waals surface area contributed by atoms with Crippen molar-refractivity contribution in [3.8, 4) is 0 Å². The molecule has 2 amide bonds. The van der Waals surface area contributed by atoms with E-state index in [0.717, 1.165) is 5.69 Å². The SMILES string of the molecule is Cn1cnc(C(=O)N2CCOC3(COCC(=O)N(c4ccccc4)C3)C2)c1. The molecule has 3 heterocycles. The molecule has 2 aliphatic rings. The highest BCUT2D eigenvalue weighted by Crippen LogP contribution is 2.27. The Kier molecular flexibility index (Phi) is 4.67. The predicted octanol–water partition coefficient (Wildman–Crippen LogP) is 0.695. The molecule has 1 spiro atoms. The van der Waals surface area contributed by atoms with E-state index < -0.39 is 5.60 Å². The lowest BCUT2D eigenvalue weighted by Gasteiger charge is -2.43. The van der Waals surface area contributed by atoms with E-state index in [1.165, 1.54) is 0 Å². The summed E-state index contributed by atoms with van der Waals surface area (Å²) in [5, 5.41) is 0. The fourth-order valence-electron chi connectivity index (χ4n) is 3.55. The summed E-state index contributed by atoms with van der Waals surface area (Å²) in [6.45, 7) is 1.80. The zero-order valence-corrected chi connectivity index (χ0v) is 15.2. The molecule has 27 heavy (non-hydrogen) atoms. The summed E-state index contributed by atoms with van der Waals surface area (Å²) in [6.07, 6.45) is 3.31. The molecule has 2 aromatic rings. The predicted molar refractivity (Wildman–Crippen MR) is 97.4 cm³/mol. The molecule has 1 unspecified atom stereocenters. The van der Waals surface area contributed by atoms with E-state index in [4.69, 9.17) is 9.47 Å². The number of rotatable bonds is 2. The molecule has 0 saturated carbocycles. The largest absolute Gasteiger partial charge is 0.368 e. The molecule has 0 N–H and O–H groups in total. The molecular formula is C19H22N4O4. The summed E-state index contributed by atoms with van der Waals surface area (Å²) >= 11 is 0. The van der Waals surface area contributed by atoms with E-state index in [9.17, 15) is 9.59 Å². The highest BCUT2D eigenvalue weighted by molar-refractivity contribution is 5.95. The van der Waals surface area contributed by atoms with Crippen molar-refractivity contribution in [3.63, 3.8) is 0 Å². The number of aryl methyl sites for hydroxylation is 1. The first-order chi connectivity index (χ1) is 13.1. The zero-order chi connectivity index (χ0) is 18.9. The first-order valence-corrected chi connectivity index (χ1v) is 8.91. The van der Waals surface area contributed by atoms with E-state index in [2.05, 4.69) is 4.98 Å². The normalized spacial score (nSPS) is 23.5. The summed E-state index contributed by atoms with van der Waals surface area (Å²) in [4.78, 5) is 32.9. The number of morpholine rings is 1. The average molecular weight is 370 g/mol.